The van der Waals surface area contributed by atoms with Crippen molar-refractivity contribution < 1.29 is 22.7 Å². The Bertz CT molecular complexity index is 1420. The van der Waals surface area contributed by atoms with Gasteiger partial charge in [-0.1, -0.05) is 42.5 Å². The molecule has 1 fully saturated rings. The lowest BCUT2D eigenvalue weighted by molar-refractivity contribution is -0.0328. The number of pyridine rings is 1. The van der Waals surface area contributed by atoms with Gasteiger partial charge in [0.05, 0.1) is 24.6 Å². The second-order valence-corrected chi connectivity index (χ2v) is 9.93. The van der Waals surface area contributed by atoms with Gasteiger partial charge in [-0.05, 0) is 53.0 Å². The molecule has 0 unspecified atom stereocenters. The van der Waals surface area contributed by atoms with E-state index in [4.69, 9.17) is 4.74 Å². The molecule has 2 amide bonds. The number of fused-ring (bicyclic) bond motifs is 1. The largest absolute Gasteiger partial charge is 0.446 e. The van der Waals surface area contributed by atoms with Crippen LogP contribution in [0.5, 0.6) is 0 Å². The smallest absolute Gasteiger partial charge is 0.379 e. The number of thioether (sulfide) groups is 1. The number of halogens is 3. The molecule has 4 aromatic rings. The van der Waals surface area contributed by atoms with Crippen LogP contribution in [0.2, 0.25) is 0 Å². The third-order valence-electron chi connectivity index (χ3n) is 6.12. The van der Waals surface area contributed by atoms with Gasteiger partial charge in [0.2, 0.25) is 0 Å². The van der Waals surface area contributed by atoms with E-state index in [2.05, 4.69) is 26.6 Å². The van der Waals surface area contributed by atoms with Crippen LogP contribution in [0.1, 0.15) is 5.69 Å². The Hall–Kier alpha value is -3.60. The lowest BCUT2D eigenvalue weighted by atomic mass is 9.98. The van der Waals surface area contributed by atoms with E-state index in [0.29, 0.717) is 5.69 Å². The van der Waals surface area contributed by atoms with Gasteiger partial charge in [0.15, 0.2) is 0 Å². The van der Waals surface area contributed by atoms with Crippen LogP contribution >= 0.6 is 11.8 Å². The minimum atomic E-state index is -4.40. The molecule has 1 aromatic heterocycles. The number of carbonyl (C=O) groups excluding carboxylic acids is 1. The van der Waals surface area contributed by atoms with Gasteiger partial charge in [-0.25, -0.2) is 4.79 Å². The zero-order valence-corrected chi connectivity index (χ0v) is 21.1. The molecule has 10 heteroatoms. The summed E-state index contributed by atoms with van der Waals surface area (Å²) in [5.41, 5.74) is -0.621. The standard InChI is InChI=1S/C28H25F3N4O2S/c29-28(30,31)38-22-5-3-4-20(16-22)33-27(36)34-26-11-10-23(24-6-1-2-7-25(24)26)19-8-9-21(32-17-19)18-35-12-14-37-15-13-35/h1-11,16-17H,12-15,18H2,(H2,33,34,36). The van der Waals surface area contributed by atoms with Crippen LogP contribution in [-0.4, -0.2) is 47.7 Å². The molecule has 3 aromatic carbocycles. The summed E-state index contributed by atoms with van der Waals surface area (Å²) in [4.78, 5) is 19.7. The first-order valence-electron chi connectivity index (χ1n) is 12.0. The Morgan fingerprint density at radius 3 is 2.47 bits per heavy atom. The summed E-state index contributed by atoms with van der Waals surface area (Å²) in [6.07, 6.45) is 1.86. The molecule has 2 N–H and O–H groups in total. The molecule has 6 nitrogen and oxygen atoms in total. The van der Waals surface area contributed by atoms with Gasteiger partial charge in [-0.15, -0.1) is 0 Å². The Kier molecular flexibility index (Phi) is 7.82. The number of anilines is 2. The van der Waals surface area contributed by atoms with E-state index in [1.54, 1.807) is 0 Å². The number of amides is 2. The molecule has 1 aliphatic heterocycles. The molecule has 0 bridgehead atoms. The molecule has 0 saturated carbocycles. The number of carbonyl (C=O) groups is 1. The third-order valence-corrected chi connectivity index (χ3v) is 6.84. The molecule has 1 saturated heterocycles. The average molecular weight is 539 g/mol. The highest BCUT2D eigenvalue weighted by atomic mass is 32.2. The van der Waals surface area contributed by atoms with Crippen molar-refractivity contribution in [3.05, 3.63) is 84.7 Å². The van der Waals surface area contributed by atoms with E-state index in [0.717, 1.165) is 60.4 Å². The first kappa shape index (κ1) is 26.0. The van der Waals surface area contributed by atoms with Crippen molar-refractivity contribution >= 4 is 39.9 Å². The second kappa shape index (κ2) is 11.4. The summed E-state index contributed by atoms with van der Waals surface area (Å²) in [5, 5.41) is 7.21. The number of rotatable bonds is 6. The monoisotopic (exact) mass is 538 g/mol. The van der Waals surface area contributed by atoms with Crippen molar-refractivity contribution in [2.75, 3.05) is 36.9 Å². The molecule has 38 heavy (non-hydrogen) atoms. The molecule has 0 aliphatic carbocycles. The van der Waals surface area contributed by atoms with Crippen molar-refractivity contribution in [3.8, 4) is 11.1 Å². The normalized spacial score (nSPS) is 14.4. The van der Waals surface area contributed by atoms with E-state index >= 15 is 0 Å². The van der Waals surface area contributed by atoms with Crippen molar-refractivity contribution in [3.63, 3.8) is 0 Å². The Morgan fingerprint density at radius 1 is 0.947 bits per heavy atom. The van der Waals surface area contributed by atoms with E-state index < -0.39 is 11.5 Å². The third kappa shape index (κ3) is 6.63. The minimum Gasteiger partial charge on any atom is -0.379 e. The first-order chi connectivity index (χ1) is 18.3. The van der Waals surface area contributed by atoms with Crippen LogP contribution < -0.4 is 10.6 Å². The van der Waals surface area contributed by atoms with Gasteiger partial charge in [0.25, 0.3) is 0 Å². The van der Waals surface area contributed by atoms with Crippen LogP contribution in [0.3, 0.4) is 0 Å². The maximum absolute atomic E-state index is 12.7. The molecule has 0 atom stereocenters. The SMILES string of the molecule is O=C(Nc1cccc(SC(F)(F)F)c1)Nc1ccc(-c2ccc(CN3CCOCC3)nc2)c2ccccc12. The van der Waals surface area contributed by atoms with Gasteiger partial charge in [0.1, 0.15) is 0 Å². The molecule has 2 heterocycles. The molecule has 0 radical (unpaired) electrons. The summed E-state index contributed by atoms with van der Waals surface area (Å²) in [5.74, 6) is 0. The van der Waals surface area contributed by atoms with E-state index in [1.165, 1.54) is 24.3 Å². The number of nitrogens with zero attached hydrogens (tertiary/aromatic N) is 2. The predicted octanol–water partition coefficient (Wildman–Crippen LogP) is 6.99. The number of alkyl halides is 3. The van der Waals surface area contributed by atoms with Crippen LogP contribution in [0.25, 0.3) is 21.9 Å². The summed E-state index contributed by atoms with van der Waals surface area (Å²) in [6.45, 7) is 4.06. The van der Waals surface area contributed by atoms with Crippen LogP contribution in [-0.2, 0) is 11.3 Å². The molecule has 1 aliphatic rings. The zero-order chi connectivity index (χ0) is 26.5. The maximum Gasteiger partial charge on any atom is 0.446 e. The van der Waals surface area contributed by atoms with Crippen molar-refractivity contribution in [2.24, 2.45) is 0 Å². The summed E-state index contributed by atoms with van der Waals surface area (Å²) in [6, 6.07) is 20.6. The van der Waals surface area contributed by atoms with Crippen molar-refractivity contribution in [1.82, 2.24) is 9.88 Å². The number of hydrogen-bond acceptors (Lipinski definition) is 5. The highest BCUT2D eigenvalue weighted by Gasteiger charge is 2.29. The zero-order valence-electron chi connectivity index (χ0n) is 20.3. The fourth-order valence-electron chi connectivity index (χ4n) is 4.38. The van der Waals surface area contributed by atoms with Crippen LogP contribution in [0, 0.1) is 0 Å². The quantitative estimate of drug-likeness (QED) is 0.259. The van der Waals surface area contributed by atoms with E-state index in [-0.39, 0.29) is 22.3 Å². The van der Waals surface area contributed by atoms with Crippen molar-refractivity contribution in [1.29, 1.82) is 0 Å². The predicted molar refractivity (Wildman–Crippen MR) is 144 cm³/mol. The maximum atomic E-state index is 12.7. The van der Waals surface area contributed by atoms with Crippen LogP contribution in [0.15, 0.2) is 83.9 Å². The Balaban J connectivity index is 1.32. The number of ether oxygens (including phenoxy) is 1. The van der Waals surface area contributed by atoms with Gasteiger partial charge in [0, 0.05) is 47.4 Å². The number of nitrogens with one attached hydrogen (secondary N) is 2. The van der Waals surface area contributed by atoms with E-state index in [1.807, 2.05) is 48.7 Å². The molecule has 196 valence electrons. The lowest BCUT2D eigenvalue weighted by Gasteiger charge is -2.26. The Morgan fingerprint density at radius 2 is 1.74 bits per heavy atom. The minimum absolute atomic E-state index is 0.00493. The fourth-order valence-corrected chi connectivity index (χ4v) is 4.98. The summed E-state index contributed by atoms with van der Waals surface area (Å²) < 4.78 is 43.5. The number of urea groups is 1. The van der Waals surface area contributed by atoms with E-state index in [9.17, 15) is 18.0 Å². The number of morpholine rings is 1. The molecule has 5 rings (SSSR count). The first-order valence-corrected chi connectivity index (χ1v) is 12.9. The molecular formula is C28H25F3N4O2S. The summed E-state index contributed by atoms with van der Waals surface area (Å²) in [7, 11) is 0. The van der Waals surface area contributed by atoms with Gasteiger partial charge >= 0.3 is 11.5 Å². The Labute approximate surface area is 222 Å². The number of benzene rings is 3. The summed E-state index contributed by atoms with van der Waals surface area (Å²) >= 11 is -0.228. The van der Waals surface area contributed by atoms with Gasteiger partial charge in [-0.3, -0.25) is 9.88 Å². The number of hydrogen-bond donors (Lipinski definition) is 2. The average Bonchev–Trinajstić information content (AvgIpc) is 2.89. The fraction of sp³-hybridized carbons (Fsp3) is 0.214. The van der Waals surface area contributed by atoms with Crippen molar-refractivity contribution in [2.45, 2.75) is 16.9 Å². The molecule has 0 spiro atoms. The highest BCUT2D eigenvalue weighted by molar-refractivity contribution is 8.00. The van der Waals surface area contributed by atoms with Crippen LogP contribution in [0.4, 0.5) is 29.3 Å². The van der Waals surface area contributed by atoms with Gasteiger partial charge < -0.3 is 15.4 Å². The topological polar surface area (TPSA) is 66.5 Å². The molecular weight excluding hydrogens is 513 g/mol. The van der Waals surface area contributed by atoms with Gasteiger partial charge in [-0.2, -0.15) is 13.2 Å². The number of aromatic nitrogens is 1. The second-order valence-electron chi connectivity index (χ2n) is 8.79. The highest BCUT2D eigenvalue weighted by Crippen LogP contribution is 2.38. The lowest BCUT2D eigenvalue weighted by Crippen LogP contribution is -2.35.